The predicted molar refractivity (Wildman–Crippen MR) is 63.1 cm³/mol. The van der Waals surface area contributed by atoms with Gasteiger partial charge in [-0.2, -0.15) is 0 Å². The number of carbonyl (C=O) groups excluding carboxylic acids is 2. The van der Waals surface area contributed by atoms with E-state index in [0.29, 0.717) is 12.2 Å². The van der Waals surface area contributed by atoms with E-state index >= 15 is 0 Å². The van der Waals surface area contributed by atoms with E-state index in [0.717, 1.165) is 5.00 Å². The van der Waals surface area contributed by atoms with Gasteiger partial charge < -0.3 is 16.8 Å². The third-order valence-corrected chi connectivity index (χ3v) is 2.70. The Morgan fingerprint density at radius 2 is 1.94 bits per heavy atom. The molecule has 0 saturated heterocycles. The lowest BCUT2D eigenvalue weighted by atomic mass is 10.3. The van der Waals surface area contributed by atoms with Gasteiger partial charge in [0.05, 0.1) is 13.1 Å². The molecule has 0 aliphatic rings. The van der Waals surface area contributed by atoms with Crippen molar-refractivity contribution < 1.29 is 9.59 Å². The summed E-state index contributed by atoms with van der Waals surface area (Å²) in [7, 11) is 1.74. The quantitative estimate of drug-likeness (QED) is 0.538. The molecule has 94 valence electrons. The third-order valence-electron chi connectivity index (χ3n) is 1.92. The summed E-state index contributed by atoms with van der Waals surface area (Å²) in [5, 5.41) is 7.61. The van der Waals surface area contributed by atoms with Gasteiger partial charge in [0.2, 0.25) is 11.8 Å². The van der Waals surface area contributed by atoms with Gasteiger partial charge in [0.15, 0.2) is 0 Å². The molecule has 0 fully saturated rings. The Labute approximate surface area is 102 Å². The SMILES string of the molecule is CNc1snnc1CN(CC(N)=O)CC(N)=O. The Morgan fingerprint density at radius 3 is 2.41 bits per heavy atom. The maximum Gasteiger partial charge on any atom is 0.231 e. The van der Waals surface area contributed by atoms with Gasteiger partial charge >= 0.3 is 0 Å². The monoisotopic (exact) mass is 258 g/mol. The van der Waals surface area contributed by atoms with E-state index in [9.17, 15) is 9.59 Å². The molecule has 0 atom stereocenters. The van der Waals surface area contributed by atoms with Crippen molar-refractivity contribution in [2.75, 3.05) is 25.5 Å². The lowest BCUT2D eigenvalue weighted by Gasteiger charge is -2.17. The van der Waals surface area contributed by atoms with Crippen LogP contribution in [0.3, 0.4) is 0 Å². The van der Waals surface area contributed by atoms with E-state index in [1.165, 1.54) is 16.4 Å². The Hall–Kier alpha value is -1.74. The molecule has 0 radical (unpaired) electrons. The lowest BCUT2D eigenvalue weighted by molar-refractivity contribution is -0.122. The van der Waals surface area contributed by atoms with Crippen molar-refractivity contribution in [2.24, 2.45) is 11.5 Å². The predicted octanol–water partition coefficient (Wildman–Crippen LogP) is -1.65. The van der Waals surface area contributed by atoms with E-state index in [1.807, 2.05) is 0 Å². The summed E-state index contributed by atoms with van der Waals surface area (Å²) in [6, 6.07) is 0. The van der Waals surface area contributed by atoms with E-state index < -0.39 is 11.8 Å². The topological polar surface area (TPSA) is 127 Å². The molecular formula is C8H14N6O2S. The highest BCUT2D eigenvalue weighted by atomic mass is 32.1. The molecule has 0 aliphatic heterocycles. The molecule has 2 amide bonds. The Balaban J connectivity index is 2.71. The number of hydrogen-bond acceptors (Lipinski definition) is 7. The van der Waals surface area contributed by atoms with E-state index in [-0.39, 0.29) is 13.1 Å². The van der Waals surface area contributed by atoms with Crippen LogP contribution in [0, 0.1) is 0 Å². The fourth-order valence-corrected chi connectivity index (χ4v) is 1.85. The summed E-state index contributed by atoms with van der Waals surface area (Å²) >= 11 is 1.20. The number of nitrogens with one attached hydrogen (secondary N) is 1. The molecule has 1 rings (SSSR count). The van der Waals surface area contributed by atoms with Gasteiger partial charge in [-0.3, -0.25) is 14.5 Å². The van der Waals surface area contributed by atoms with Crippen LogP contribution in [0.5, 0.6) is 0 Å². The van der Waals surface area contributed by atoms with Crippen LogP contribution in [0.4, 0.5) is 5.00 Å². The maximum atomic E-state index is 10.9. The number of primary amides is 2. The molecule has 0 unspecified atom stereocenters. The smallest absolute Gasteiger partial charge is 0.231 e. The molecule has 0 bridgehead atoms. The number of hydrogen-bond donors (Lipinski definition) is 3. The third kappa shape index (κ3) is 4.33. The highest BCUT2D eigenvalue weighted by Gasteiger charge is 2.15. The normalized spacial score (nSPS) is 10.5. The average Bonchev–Trinajstić information content (AvgIpc) is 2.62. The van der Waals surface area contributed by atoms with E-state index in [4.69, 9.17) is 11.5 Å². The van der Waals surface area contributed by atoms with Crippen molar-refractivity contribution in [3.05, 3.63) is 5.69 Å². The summed E-state index contributed by atoms with van der Waals surface area (Å²) < 4.78 is 3.77. The second-order valence-electron chi connectivity index (χ2n) is 3.38. The number of amides is 2. The van der Waals surface area contributed by atoms with Crippen LogP contribution < -0.4 is 16.8 Å². The maximum absolute atomic E-state index is 10.9. The van der Waals surface area contributed by atoms with Crippen LogP contribution >= 0.6 is 11.5 Å². The Kier molecular flexibility index (Phi) is 4.79. The first-order valence-electron chi connectivity index (χ1n) is 4.81. The summed E-state index contributed by atoms with van der Waals surface area (Å²) in [5.74, 6) is -1.05. The van der Waals surface area contributed by atoms with Crippen molar-refractivity contribution in [2.45, 2.75) is 6.54 Å². The molecule has 9 heteroatoms. The van der Waals surface area contributed by atoms with Gasteiger partial charge in [-0.15, -0.1) is 5.10 Å². The zero-order valence-electron chi connectivity index (χ0n) is 9.34. The molecule has 1 aromatic heterocycles. The van der Waals surface area contributed by atoms with Crippen LogP contribution in [0.15, 0.2) is 0 Å². The summed E-state index contributed by atoms with van der Waals surface area (Å²) in [4.78, 5) is 23.2. The zero-order valence-corrected chi connectivity index (χ0v) is 10.2. The van der Waals surface area contributed by atoms with Crippen molar-refractivity contribution in [3.63, 3.8) is 0 Å². The fraction of sp³-hybridized carbons (Fsp3) is 0.500. The second-order valence-corrected chi connectivity index (χ2v) is 4.13. The standard InChI is InChI=1S/C8H14N6O2S/c1-11-8-5(12-13-17-8)2-14(3-6(9)15)4-7(10)16/h11H,2-4H2,1H3,(H2,9,15)(H2,10,16). The molecular weight excluding hydrogens is 244 g/mol. The number of aromatic nitrogens is 2. The number of rotatable bonds is 7. The van der Waals surface area contributed by atoms with Crippen LogP contribution in [0.1, 0.15) is 5.69 Å². The number of nitrogens with zero attached hydrogens (tertiary/aromatic N) is 3. The highest BCUT2D eigenvalue weighted by Crippen LogP contribution is 2.18. The molecule has 17 heavy (non-hydrogen) atoms. The molecule has 0 aromatic carbocycles. The van der Waals surface area contributed by atoms with Crippen molar-refractivity contribution in [1.29, 1.82) is 0 Å². The van der Waals surface area contributed by atoms with Crippen molar-refractivity contribution in [3.8, 4) is 0 Å². The molecule has 8 nitrogen and oxygen atoms in total. The molecule has 0 saturated carbocycles. The Bertz CT molecular complexity index is 390. The minimum absolute atomic E-state index is 0.0520. The first kappa shape index (κ1) is 13.3. The van der Waals surface area contributed by atoms with Gasteiger partial charge in [0.1, 0.15) is 10.7 Å². The summed E-state index contributed by atoms with van der Waals surface area (Å²) in [6.45, 7) is 0.186. The molecule has 0 spiro atoms. The molecule has 1 heterocycles. The largest absolute Gasteiger partial charge is 0.377 e. The second kappa shape index (κ2) is 6.11. The summed E-state index contributed by atoms with van der Waals surface area (Å²) in [5.41, 5.74) is 10.8. The molecule has 5 N–H and O–H groups in total. The lowest BCUT2D eigenvalue weighted by Crippen LogP contribution is -2.39. The number of nitrogens with two attached hydrogens (primary N) is 2. The highest BCUT2D eigenvalue weighted by molar-refractivity contribution is 7.10. The van der Waals surface area contributed by atoms with Gasteiger partial charge in [0, 0.05) is 25.1 Å². The van der Waals surface area contributed by atoms with Crippen LogP contribution in [-0.2, 0) is 16.1 Å². The van der Waals surface area contributed by atoms with Crippen LogP contribution in [0.2, 0.25) is 0 Å². The van der Waals surface area contributed by atoms with E-state index in [2.05, 4.69) is 14.9 Å². The molecule has 1 aromatic rings. The van der Waals surface area contributed by atoms with Crippen LogP contribution in [-0.4, -0.2) is 46.4 Å². The van der Waals surface area contributed by atoms with Gasteiger partial charge in [-0.1, -0.05) is 4.49 Å². The number of anilines is 1. The van der Waals surface area contributed by atoms with Gasteiger partial charge in [0.25, 0.3) is 0 Å². The average molecular weight is 258 g/mol. The van der Waals surface area contributed by atoms with Gasteiger partial charge in [-0.25, -0.2) is 0 Å². The molecule has 0 aliphatic carbocycles. The first-order valence-corrected chi connectivity index (χ1v) is 5.58. The summed E-state index contributed by atoms with van der Waals surface area (Å²) in [6.07, 6.45) is 0. The number of carbonyl (C=O) groups is 2. The zero-order chi connectivity index (χ0) is 12.8. The van der Waals surface area contributed by atoms with Gasteiger partial charge in [-0.05, 0) is 0 Å². The van der Waals surface area contributed by atoms with E-state index in [1.54, 1.807) is 7.05 Å². The minimum atomic E-state index is -0.527. The van der Waals surface area contributed by atoms with Crippen molar-refractivity contribution >= 4 is 28.3 Å². The minimum Gasteiger partial charge on any atom is -0.377 e. The van der Waals surface area contributed by atoms with Crippen LogP contribution in [0.25, 0.3) is 0 Å². The Morgan fingerprint density at radius 1 is 1.35 bits per heavy atom. The van der Waals surface area contributed by atoms with Crippen molar-refractivity contribution in [1.82, 2.24) is 14.5 Å². The fourth-order valence-electron chi connectivity index (χ4n) is 1.32. The first-order chi connectivity index (χ1) is 8.02.